The summed E-state index contributed by atoms with van der Waals surface area (Å²) in [6.45, 7) is 7.80. The molecule has 4 aliphatic rings. The van der Waals surface area contributed by atoms with E-state index in [1.165, 1.54) is 11.1 Å². The molecule has 4 aliphatic heterocycles. The molecule has 2 bridgehead atoms. The molecule has 0 aromatic heterocycles. The van der Waals surface area contributed by atoms with Crippen molar-refractivity contribution in [3.8, 4) is 0 Å². The average Bonchev–Trinajstić information content (AvgIpc) is 3.51. The standard InChI is InChI=1S/C24H32N4O3/c1-15-4-5-17(10-16(15)2)13-28-14-24-8-6-19(31-24)20(21(24)23(28)30)22(29)27(3)9-7-18-11-25-26-12-18/h4-6,8,10,18-21,25-26H,7,9,11-14H2,1-3H3/t19-,20?,21?,24-/m1/s1. The quantitative estimate of drug-likeness (QED) is 0.671. The van der Waals surface area contributed by atoms with Gasteiger partial charge in [0.1, 0.15) is 5.60 Å². The van der Waals surface area contributed by atoms with Crippen molar-refractivity contribution in [1.82, 2.24) is 20.7 Å². The molecule has 2 amide bonds. The van der Waals surface area contributed by atoms with Crippen LogP contribution in [-0.4, -0.2) is 66.5 Å². The summed E-state index contributed by atoms with van der Waals surface area (Å²) >= 11 is 0. The number of aryl methyl sites for hydroxylation is 2. The van der Waals surface area contributed by atoms with Gasteiger partial charge in [-0.2, -0.15) is 0 Å². The van der Waals surface area contributed by atoms with Crippen molar-refractivity contribution >= 4 is 11.8 Å². The van der Waals surface area contributed by atoms with E-state index in [-0.39, 0.29) is 17.9 Å². The van der Waals surface area contributed by atoms with Gasteiger partial charge in [0, 0.05) is 33.2 Å². The van der Waals surface area contributed by atoms with Crippen LogP contribution in [0.25, 0.3) is 0 Å². The maximum Gasteiger partial charge on any atom is 0.230 e. The van der Waals surface area contributed by atoms with Crippen LogP contribution in [0.3, 0.4) is 0 Å². The lowest BCUT2D eigenvalue weighted by Crippen LogP contribution is -2.45. The fraction of sp³-hybridized carbons (Fsp3) is 0.583. The van der Waals surface area contributed by atoms with Crippen molar-refractivity contribution in [2.24, 2.45) is 17.8 Å². The highest BCUT2D eigenvalue weighted by Crippen LogP contribution is 2.52. The molecule has 5 rings (SSSR count). The lowest BCUT2D eigenvalue weighted by atomic mass is 9.76. The summed E-state index contributed by atoms with van der Waals surface area (Å²) in [5.74, 6) is -0.243. The fourth-order valence-corrected chi connectivity index (χ4v) is 5.57. The Morgan fingerprint density at radius 2 is 2.03 bits per heavy atom. The van der Waals surface area contributed by atoms with Crippen LogP contribution >= 0.6 is 0 Å². The van der Waals surface area contributed by atoms with Crippen LogP contribution in [0.15, 0.2) is 30.4 Å². The number of carbonyl (C=O) groups is 2. The summed E-state index contributed by atoms with van der Waals surface area (Å²) in [6.07, 6.45) is 4.67. The van der Waals surface area contributed by atoms with Crippen molar-refractivity contribution in [2.45, 2.75) is 38.5 Å². The number of ether oxygens (including phenoxy) is 1. The third-order valence-electron chi connectivity index (χ3n) is 7.56. The Kier molecular flexibility index (Phi) is 5.15. The molecule has 1 aromatic carbocycles. The summed E-state index contributed by atoms with van der Waals surface area (Å²) in [6, 6.07) is 6.33. The third-order valence-corrected chi connectivity index (χ3v) is 7.56. The Hall–Kier alpha value is -2.22. The van der Waals surface area contributed by atoms with Crippen LogP contribution in [0.5, 0.6) is 0 Å². The molecule has 166 valence electrons. The maximum absolute atomic E-state index is 13.5. The Bertz CT molecular complexity index is 925. The van der Waals surface area contributed by atoms with Crippen LogP contribution in [-0.2, 0) is 20.9 Å². The Morgan fingerprint density at radius 1 is 1.26 bits per heavy atom. The number of fused-ring (bicyclic) bond motifs is 1. The molecule has 1 aromatic rings. The van der Waals surface area contributed by atoms with Gasteiger partial charge in [0.15, 0.2) is 0 Å². The van der Waals surface area contributed by atoms with Gasteiger partial charge in [0.25, 0.3) is 0 Å². The van der Waals surface area contributed by atoms with E-state index in [1.807, 2.05) is 24.1 Å². The normalized spacial score (nSPS) is 31.6. The fourth-order valence-electron chi connectivity index (χ4n) is 5.57. The molecule has 7 nitrogen and oxygen atoms in total. The monoisotopic (exact) mass is 424 g/mol. The summed E-state index contributed by atoms with van der Waals surface area (Å²) in [5, 5.41) is 0. The molecule has 7 heteroatoms. The number of nitrogens with one attached hydrogen (secondary N) is 2. The van der Waals surface area contributed by atoms with Gasteiger partial charge < -0.3 is 14.5 Å². The van der Waals surface area contributed by atoms with Crippen molar-refractivity contribution in [1.29, 1.82) is 0 Å². The number of hydrogen-bond donors (Lipinski definition) is 2. The van der Waals surface area contributed by atoms with Gasteiger partial charge in [0.2, 0.25) is 11.8 Å². The van der Waals surface area contributed by atoms with Crippen LogP contribution in [0.4, 0.5) is 0 Å². The first-order valence-corrected chi connectivity index (χ1v) is 11.3. The molecule has 1 spiro atoms. The highest BCUT2D eigenvalue weighted by Gasteiger charge is 2.67. The number of hydrogen-bond acceptors (Lipinski definition) is 5. The SMILES string of the molecule is Cc1ccc(CN2C[C@@]34C=C[C@@H](O3)C(C(=O)N(C)CCC3CNNC3)C4C2=O)cc1C. The van der Waals surface area contributed by atoms with Crippen molar-refractivity contribution in [3.05, 3.63) is 47.0 Å². The maximum atomic E-state index is 13.5. The second-order valence-electron chi connectivity index (χ2n) is 9.69. The number of amides is 2. The first kappa shape index (κ1) is 20.7. The number of benzene rings is 1. The first-order valence-electron chi connectivity index (χ1n) is 11.3. The van der Waals surface area contributed by atoms with Crippen molar-refractivity contribution in [2.75, 3.05) is 33.2 Å². The van der Waals surface area contributed by atoms with E-state index in [4.69, 9.17) is 4.74 Å². The topological polar surface area (TPSA) is 73.9 Å². The van der Waals surface area contributed by atoms with Crippen LogP contribution in [0, 0.1) is 31.6 Å². The molecule has 4 heterocycles. The molecule has 2 N–H and O–H groups in total. The van der Waals surface area contributed by atoms with E-state index in [0.717, 1.165) is 25.1 Å². The molecular weight excluding hydrogens is 392 g/mol. The zero-order chi connectivity index (χ0) is 21.8. The van der Waals surface area contributed by atoms with Gasteiger partial charge in [-0.15, -0.1) is 0 Å². The molecule has 0 saturated carbocycles. The molecule has 31 heavy (non-hydrogen) atoms. The van der Waals surface area contributed by atoms with Crippen LogP contribution < -0.4 is 10.9 Å². The van der Waals surface area contributed by atoms with Gasteiger partial charge in [-0.3, -0.25) is 20.4 Å². The molecule has 3 saturated heterocycles. The molecular formula is C24H32N4O3. The largest absolute Gasteiger partial charge is 0.360 e. The number of nitrogens with zero attached hydrogens (tertiary/aromatic N) is 2. The third kappa shape index (κ3) is 3.49. The molecule has 2 unspecified atom stereocenters. The van der Waals surface area contributed by atoms with E-state index in [9.17, 15) is 9.59 Å². The lowest BCUT2D eigenvalue weighted by molar-refractivity contribution is -0.142. The second-order valence-corrected chi connectivity index (χ2v) is 9.69. The average molecular weight is 425 g/mol. The molecule has 0 aliphatic carbocycles. The zero-order valence-electron chi connectivity index (χ0n) is 18.6. The van der Waals surface area contributed by atoms with Gasteiger partial charge >= 0.3 is 0 Å². The van der Waals surface area contributed by atoms with Crippen LogP contribution in [0.1, 0.15) is 23.1 Å². The predicted molar refractivity (Wildman–Crippen MR) is 117 cm³/mol. The van der Waals surface area contributed by atoms with E-state index >= 15 is 0 Å². The minimum Gasteiger partial charge on any atom is -0.360 e. The number of carbonyl (C=O) groups excluding carboxylic acids is 2. The summed E-state index contributed by atoms with van der Waals surface area (Å²) in [5.41, 5.74) is 9.21. The van der Waals surface area contributed by atoms with Gasteiger partial charge in [-0.1, -0.05) is 30.4 Å². The summed E-state index contributed by atoms with van der Waals surface area (Å²) in [7, 11) is 1.85. The Morgan fingerprint density at radius 3 is 2.77 bits per heavy atom. The minimum atomic E-state index is -0.651. The molecule has 4 atom stereocenters. The number of rotatable bonds is 6. The van der Waals surface area contributed by atoms with E-state index in [2.05, 4.69) is 42.9 Å². The highest BCUT2D eigenvalue weighted by atomic mass is 16.5. The van der Waals surface area contributed by atoms with Crippen molar-refractivity contribution < 1.29 is 14.3 Å². The molecule has 0 radical (unpaired) electrons. The van der Waals surface area contributed by atoms with Crippen molar-refractivity contribution in [3.63, 3.8) is 0 Å². The second kappa shape index (κ2) is 7.73. The summed E-state index contributed by atoms with van der Waals surface area (Å²) in [4.78, 5) is 30.5. The van der Waals surface area contributed by atoms with E-state index < -0.39 is 17.4 Å². The first-order chi connectivity index (χ1) is 14.9. The van der Waals surface area contributed by atoms with Crippen LogP contribution in [0.2, 0.25) is 0 Å². The summed E-state index contributed by atoms with van der Waals surface area (Å²) < 4.78 is 6.29. The van der Waals surface area contributed by atoms with Gasteiger partial charge in [0.05, 0.1) is 24.5 Å². The number of hydrazine groups is 1. The van der Waals surface area contributed by atoms with Gasteiger partial charge in [-0.05, 0) is 42.9 Å². The van der Waals surface area contributed by atoms with E-state index in [1.54, 1.807) is 4.90 Å². The highest BCUT2D eigenvalue weighted by molar-refractivity contribution is 5.93. The Labute approximate surface area is 183 Å². The smallest absolute Gasteiger partial charge is 0.230 e. The Balaban J connectivity index is 1.30. The number of likely N-dealkylation sites (tertiary alicyclic amines) is 1. The minimum absolute atomic E-state index is 0.0292. The predicted octanol–water partition coefficient (Wildman–Crippen LogP) is 1.16. The van der Waals surface area contributed by atoms with Gasteiger partial charge in [-0.25, -0.2) is 0 Å². The lowest BCUT2D eigenvalue weighted by Gasteiger charge is -2.28. The zero-order valence-corrected chi connectivity index (χ0v) is 18.6. The van der Waals surface area contributed by atoms with E-state index in [0.29, 0.717) is 25.6 Å². The molecule has 3 fully saturated rings.